The first-order valence-electron chi connectivity index (χ1n) is 12.1. The van der Waals surface area contributed by atoms with Crippen LogP contribution in [0, 0.1) is 0 Å². The van der Waals surface area contributed by atoms with Gasteiger partial charge in [-0.05, 0) is 61.7 Å². The lowest BCUT2D eigenvalue weighted by Crippen LogP contribution is -2.50. The Labute approximate surface area is 247 Å². The van der Waals surface area contributed by atoms with E-state index in [0.29, 0.717) is 27.9 Å². The summed E-state index contributed by atoms with van der Waals surface area (Å²) in [6.07, 6.45) is -12.2. The number of rotatable bonds is 9. The summed E-state index contributed by atoms with van der Waals surface area (Å²) in [5.41, 5.74) is -5.61. The minimum atomic E-state index is -6.24. The maximum atomic E-state index is 14.5. The predicted octanol–water partition coefficient (Wildman–Crippen LogP) is 9.64. The zero-order valence-electron chi connectivity index (χ0n) is 21.6. The third-order valence-electron chi connectivity index (χ3n) is 6.10. The molecule has 1 N–H and O–H groups in total. The largest absolute Gasteiger partial charge is 0.435 e. The number of nitrogens with zero attached hydrogens (tertiary/aromatic N) is 1. The second kappa shape index (κ2) is 12.7. The van der Waals surface area contributed by atoms with Gasteiger partial charge in [0.05, 0.1) is 15.6 Å². The zero-order valence-corrected chi connectivity index (χ0v) is 23.9. The van der Waals surface area contributed by atoms with Gasteiger partial charge in [0, 0.05) is 35.4 Å². The minimum absolute atomic E-state index is 0.0526. The van der Waals surface area contributed by atoms with Gasteiger partial charge in [-0.1, -0.05) is 65.1 Å². The van der Waals surface area contributed by atoms with Crippen molar-refractivity contribution in [2.24, 2.45) is 0 Å². The molecule has 0 unspecified atom stereocenters. The van der Waals surface area contributed by atoms with Crippen molar-refractivity contribution in [1.29, 1.82) is 0 Å². The molecule has 222 valence electrons. The number of hydrogen-bond acceptors (Lipinski definition) is 2. The normalized spacial score (nSPS) is 12.5. The second-order valence-electron chi connectivity index (χ2n) is 9.57. The van der Waals surface area contributed by atoms with Gasteiger partial charge in [0.15, 0.2) is 0 Å². The van der Waals surface area contributed by atoms with Gasteiger partial charge in [0.1, 0.15) is 0 Å². The van der Waals surface area contributed by atoms with Crippen molar-refractivity contribution in [3.05, 3.63) is 98.0 Å². The smallest absolute Gasteiger partial charge is 0.382 e. The Morgan fingerprint density at radius 3 is 1.93 bits per heavy atom. The summed E-state index contributed by atoms with van der Waals surface area (Å²) in [6, 6.07) is 12.2. The second-order valence-corrected chi connectivity index (χ2v) is 10.8. The van der Waals surface area contributed by atoms with Crippen molar-refractivity contribution in [2.75, 3.05) is 11.9 Å². The predicted molar refractivity (Wildman–Crippen MR) is 146 cm³/mol. The summed E-state index contributed by atoms with van der Waals surface area (Å²) >= 11 is 18.2. The van der Waals surface area contributed by atoms with Gasteiger partial charge < -0.3 is 10.2 Å². The first-order valence-corrected chi connectivity index (χ1v) is 13.3. The molecule has 0 aliphatic carbocycles. The van der Waals surface area contributed by atoms with E-state index in [-0.39, 0.29) is 41.7 Å². The quantitative estimate of drug-likeness (QED) is 0.236. The average molecular weight is 644 g/mol. The fourth-order valence-corrected chi connectivity index (χ4v) is 4.55. The molecule has 3 rings (SSSR count). The lowest BCUT2D eigenvalue weighted by atomic mass is 9.93. The summed E-state index contributed by atoms with van der Waals surface area (Å²) in [6.45, 7) is 3.58. The van der Waals surface area contributed by atoms with Crippen molar-refractivity contribution in [1.82, 2.24) is 4.90 Å². The molecule has 0 saturated heterocycles. The summed E-state index contributed by atoms with van der Waals surface area (Å²) < 4.78 is 93.6. The molecule has 0 aliphatic rings. The Kier molecular flexibility index (Phi) is 10.1. The van der Waals surface area contributed by atoms with Crippen LogP contribution in [0.4, 0.5) is 36.4 Å². The Hall–Kier alpha value is -2.69. The van der Waals surface area contributed by atoms with Gasteiger partial charge in [0.2, 0.25) is 0 Å². The molecule has 0 aromatic heterocycles. The maximum Gasteiger partial charge on any atom is 0.435 e. The van der Waals surface area contributed by atoms with E-state index < -0.39 is 29.5 Å². The van der Waals surface area contributed by atoms with Crippen LogP contribution in [-0.4, -0.2) is 35.7 Å². The number of alkyl halides is 7. The van der Waals surface area contributed by atoms with E-state index in [0.717, 1.165) is 17.7 Å². The van der Waals surface area contributed by atoms with E-state index in [9.17, 15) is 35.5 Å². The van der Waals surface area contributed by atoms with Crippen molar-refractivity contribution in [2.45, 2.75) is 50.9 Å². The van der Waals surface area contributed by atoms with Crippen LogP contribution in [-0.2, 0) is 18.6 Å². The molecule has 0 saturated carbocycles. The number of amides is 1. The summed E-state index contributed by atoms with van der Waals surface area (Å²) in [7, 11) is 0. The van der Waals surface area contributed by atoms with Gasteiger partial charge >= 0.3 is 18.0 Å². The number of anilines is 1. The SMILES string of the molecule is CC(C)Nc1ccc(Cl)cc1C(=O)N(CCc1ccc(Cl)c(Cl)c1)Cc1ccc(C(F)(C(F)(F)F)C(F)(F)F)cc1. The Morgan fingerprint density at radius 1 is 0.805 bits per heavy atom. The fourth-order valence-electron chi connectivity index (χ4n) is 4.06. The van der Waals surface area contributed by atoms with Crippen LogP contribution in [0.5, 0.6) is 0 Å². The van der Waals surface area contributed by atoms with Crippen LogP contribution < -0.4 is 5.32 Å². The standard InChI is InChI=1S/C28H24Cl3F7N2O/c1-16(2)39-24-10-8-20(29)14-21(24)25(41)40(12-11-17-5-9-22(30)23(31)13-17)15-18-3-6-19(7-4-18)26(32,27(33,34)35)28(36,37)38/h3-10,13-14,16,39H,11-12,15H2,1-2H3. The highest BCUT2D eigenvalue weighted by atomic mass is 35.5. The van der Waals surface area contributed by atoms with Gasteiger partial charge in [0.25, 0.3) is 5.91 Å². The van der Waals surface area contributed by atoms with E-state index in [1.54, 1.807) is 30.3 Å². The van der Waals surface area contributed by atoms with E-state index in [1.807, 2.05) is 13.8 Å². The molecule has 0 heterocycles. The van der Waals surface area contributed by atoms with Crippen LogP contribution in [0.15, 0.2) is 60.7 Å². The molecule has 0 bridgehead atoms. The average Bonchev–Trinajstić information content (AvgIpc) is 2.87. The van der Waals surface area contributed by atoms with Crippen LogP contribution >= 0.6 is 34.8 Å². The first kappa shape index (κ1) is 32.8. The third kappa shape index (κ3) is 7.59. The van der Waals surface area contributed by atoms with Gasteiger partial charge in [-0.15, -0.1) is 0 Å². The van der Waals surface area contributed by atoms with Crippen LogP contribution in [0.3, 0.4) is 0 Å². The number of halogens is 10. The number of carbonyl (C=O) groups excluding carboxylic acids is 1. The summed E-state index contributed by atoms with van der Waals surface area (Å²) in [5.74, 6) is -0.509. The number of hydrogen-bond donors (Lipinski definition) is 1. The highest BCUT2D eigenvalue weighted by Gasteiger charge is 2.73. The molecule has 3 aromatic carbocycles. The van der Waals surface area contributed by atoms with Gasteiger partial charge in [-0.25, -0.2) is 4.39 Å². The lowest BCUT2D eigenvalue weighted by molar-refractivity contribution is -0.348. The molecular formula is C28H24Cl3F7N2O. The first-order chi connectivity index (χ1) is 18.9. The van der Waals surface area contributed by atoms with Crippen LogP contribution in [0.1, 0.15) is 40.9 Å². The van der Waals surface area contributed by atoms with E-state index in [1.165, 1.54) is 11.0 Å². The summed E-state index contributed by atoms with van der Waals surface area (Å²) in [4.78, 5) is 15.1. The lowest BCUT2D eigenvalue weighted by Gasteiger charge is -2.30. The van der Waals surface area contributed by atoms with Crippen molar-refractivity contribution >= 4 is 46.4 Å². The van der Waals surface area contributed by atoms with E-state index in [2.05, 4.69) is 5.32 Å². The molecular weight excluding hydrogens is 620 g/mol. The molecule has 0 atom stereocenters. The zero-order chi connectivity index (χ0) is 30.8. The minimum Gasteiger partial charge on any atom is -0.382 e. The highest BCUT2D eigenvalue weighted by Crippen LogP contribution is 2.53. The number of nitrogens with one attached hydrogen (secondary N) is 1. The van der Waals surface area contributed by atoms with Crippen molar-refractivity contribution in [3.8, 4) is 0 Å². The number of benzene rings is 3. The van der Waals surface area contributed by atoms with Crippen molar-refractivity contribution in [3.63, 3.8) is 0 Å². The molecule has 3 aromatic rings. The Morgan fingerprint density at radius 2 is 1.39 bits per heavy atom. The molecule has 1 amide bonds. The highest BCUT2D eigenvalue weighted by molar-refractivity contribution is 6.42. The molecule has 0 radical (unpaired) electrons. The fraction of sp³-hybridized carbons (Fsp3) is 0.321. The maximum absolute atomic E-state index is 14.5. The van der Waals surface area contributed by atoms with E-state index >= 15 is 0 Å². The van der Waals surface area contributed by atoms with Gasteiger partial charge in [-0.2, -0.15) is 26.3 Å². The molecule has 0 spiro atoms. The van der Waals surface area contributed by atoms with Crippen molar-refractivity contribution < 1.29 is 35.5 Å². The van der Waals surface area contributed by atoms with Crippen LogP contribution in [0.2, 0.25) is 15.1 Å². The monoisotopic (exact) mass is 642 g/mol. The molecule has 41 heavy (non-hydrogen) atoms. The summed E-state index contributed by atoms with van der Waals surface area (Å²) in [5, 5.41) is 4.04. The Bertz CT molecular complexity index is 1360. The van der Waals surface area contributed by atoms with Crippen LogP contribution in [0.25, 0.3) is 0 Å². The van der Waals surface area contributed by atoms with E-state index in [4.69, 9.17) is 34.8 Å². The Balaban J connectivity index is 1.98. The molecule has 0 fully saturated rings. The third-order valence-corrected chi connectivity index (χ3v) is 7.08. The molecule has 3 nitrogen and oxygen atoms in total. The van der Waals surface area contributed by atoms with Gasteiger partial charge in [-0.3, -0.25) is 4.79 Å². The molecule has 0 aliphatic heterocycles. The topological polar surface area (TPSA) is 32.3 Å². The molecule has 13 heteroatoms. The number of carbonyl (C=O) groups is 1.